The van der Waals surface area contributed by atoms with Crippen LogP contribution in [-0.4, -0.2) is 53.1 Å². The maximum absolute atomic E-state index is 12.6. The first-order chi connectivity index (χ1) is 9.84. The van der Waals surface area contributed by atoms with Crippen LogP contribution in [0.3, 0.4) is 0 Å². The Morgan fingerprint density at radius 3 is 2.86 bits per heavy atom. The number of anilines is 1. The van der Waals surface area contributed by atoms with Gasteiger partial charge in [-0.15, -0.1) is 0 Å². The van der Waals surface area contributed by atoms with Crippen LogP contribution in [0, 0.1) is 10.1 Å². The Kier molecular flexibility index (Phi) is 4.08. The zero-order valence-electron chi connectivity index (χ0n) is 12.3. The minimum absolute atomic E-state index is 0.0389. The molecule has 0 spiro atoms. The van der Waals surface area contributed by atoms with E-state index < -0.39 is 10.5 Å². The number of nitro groups is 1. The second kappa shape index (κ2) is 5.65. The first-order valence-electron chi connectivity index (χ1n) is 6.59. The summed E-state index contributed by atoms with van der Waals surface area (Å²) in [7, 11) is 1.64. The molecule has 1 aromatic rings. The lowest BCUT2D eigenvalue weighted by Crippen LogP contribution is -2.50. The number of nitrogens with zero attached hydrogens (tertiary/aromatic N) is 3. The lowest BCUT2D eigenvalue weighted by molar-refractivity contribution is -0.385. The van der Waals surface area contributed by atoms with Crippen LogP contribution >= 0.6 is 0 Å². The van der Waals surface area contributed by atoms with Crippen LogP contribution in [-0.2, 0) is 4.74 Å². The monoisotopic (exact) mass is 294 g/mol. The van der Waals surface area contributed by atoms with E-state index in [0.717, 1.165) is 6.20 Å². The standard InChI is InChI=1S/C13H18N4O4/c1-13(2)8-16(4-5-21-13)12(18)9-6-11(14-3)15-7-10(9)17(19)20/h6-7H,4-5,8H2,1-3H3,(H,14,15). The molecule has 0 atom stereocenters. The summed E-state index contributed by atoms with van der Waals surface area (Å²) in [4.78, 5) is 28.5. The Labute approximate surface area is 122 Å². The third kappa shape index (κ3) is 3.27. The first-order valence-corrected chi connectivity index (χ1v) is 6.59. The van der Waals surface area contributed by atoms with Crippen LogP contribution in [0.25, 0.3) is 0 Å². The van der Waals surface area contributed by atoms with Gasteiger partial charge in [0.1, 0.15) is 17.6 Å². The molecule has 2 heterocycles. The average Bonchev–Trinajstić information content (AvgIpc) is 2.44. The van der Waals surface area contributed by atoms with Gasteiger partial charge in [-0.25, -0.2) is 4.98 Å². The summed E-state index contributed by atoms with van der Waals surface area (Å²) in [5.74, 6) is 0.0356. The van der Waals surface area contributed by atoms with Gasteiger partial charge in [0, 0.05) is 26.2 Å². The largest absolute Gasteiger partial charge is 0.373 e. The fourth-order valence-electron chi connectivity index (χ4n) is 2.26. The summed E-state index contributed by atoms with van der Waals surface area (Å²) in [5.41, 5.74) is -0.706. The van der Waals surface area contributed by atoms with Gasteiger partial charge in [-0.05, 0) is 13.8 Å². The van der Waals surface area contributed by atoms with Crippen molar-refractivity contribution in [3.63, 3.8) is 0 Å². The molecule has 2 rings (SSSR count). The first kappa shape index (κ1) is 15.2. The van der Waals surface area contributed by atoms with Gasteiger partial charge < -0.3 is 15.0 Å². The van der Waals surface area contributed by atoms with E-state index >= 15 is 0 Å². The smallest absolute Gasteiger partial charge is 0.300 e. The van der Waals surface area contributed by atoms with Crippen molar-refractivity contribution in [1.82, 2.24) is 9.88 Å². The molecule has 1 fully saturated rings. The number of amides is 1. The SMILES string of the molecule is CNc1cc(C(=O)N2CCOC(C)(C)C2)c([N+](=O)[O-])cn1. The summed E-state index contributed by atoms with van der Waals surface area (Å²) in [5, 5.41) is 13.9. The summed E-state index contributed by atoms with van der Waals surface area (Å²) in [6, 6.07) is 1.41. The highest BCUT2D eigenvalue weighted by Gasteiger charge is 2.33. The summed E-state index contributed by atoms with van der Waals surface area (Å²) in [6.07, 6.45) is 1.10. The molecule has 1 saturated heterocycles. The number of carbonyl (C=O) groups excluding carboxylic acids is 1. The molecule has 1 N–H and O–H groups in total. The van der Waals surface area contributed by atoms with Crippen LogP contribution < -0.4 is 5.32 Å². The molecule has 0 aliphatic carbocycles. The number of hydrogen-bond acceptors (Lipinski definition) is 6. The summed E-state index contributed by atoms with van der Waals surface area (Å²) >= 11 is 0. The van der Waals surface area contributed by atoms with Crippen molar-refractivity contribution in [2.24, 2.45) is 0 Å². The number of nitrogens with one attached hydrogen (secondary N) is 1. The van der Waals surface area contributed by atoms with Gasteiger partial charge in [-0.1, -0.05) is 0 Å². The minimum atomic E-state index is -0.592. The van der Waals surface area contributed by atoms with Crippen molar-refractivity contribution in [3.05, 3.63) is 27.9 Å². The quantitative estimate of drug-likeness (QED) is 0.666. The van der Waals surface area contributed by atoms with Crippen molar-refractivity contribution < 1.29 is 14.5 Å². The molecule has 1 amide bonds. The predicted octanol–water partition coefficient (Wildman–Crippen LogP) is 1.28. The van der Waals surface area contributed by atoms with E-state index in [1.807, 2.05) is 13.8 Å². The van der Waals surface area contributed by atoms with E-state index in [0.29, 0.717) is 25.5 Å². The molecule has 8 nitrogen and oxygen atoms in total. The molecular formula is C13H18N4O4. The number of ether oxygens (including phenoxy) is 1. The molecule has 21 heavy (non-hydrogen) atoms. The zero-order valence-corrected chi connectivity index (χ0v) is 12.3. The topological polar surface area (TPSA) is 97.6 Å². The van der Waals surface area contributed by atoms with Crippen LogP contribution in [0.2, 0.25) is 0 Å². The van der Waals surface area contributed by atoms with E-state index in [1.54, 1.807) is 11.9 Å². The fourth-order valence-corrected chi connectivity index (χ4v) is 2.26. The minimum Gasteiger partial charge on any atom is -0.373 e. The van der Waals surface area contributed by atoms with E-state index in [-0.39, 0.29) is 17.2 Å². The van der Waals surface area contributed by atoms with Crippen molar-refractivity contribution in [2.75, 3.05) is 32.1 Å². The van der Waals surface area contributed by atoms with Gasteiger partial charge in [0.2, 0.25) is 0 Å². The Morgan fingerprint density at radius 2 is 2.29 bits per heavy atom. The van der Waals surface area contributed by atoms with Gasteiger partial charge in [0.25, 0.3) is 11.6 Å². The molecule has 0 unspecified atom stereocenters. The molecule has 0 radical (unpaired) electrons. The van der Waals surface area contributed by atoms with Gasteiger partial charge in [-0.2, -0.15) is 0 Å². The second-order valence-corrected chi connectivity index (χ2v) is 5.43. The maximum atomic E-state index is 12.6. The van der Waals surface area contributed by atoms with Crippen LogP contribution in [0.4, 0.5) is 11.5 Å². The average molecular weight is 294 g/mol. The fraction of sp³-hybridized carbons (Fsp3) is 0.538. The Hall–Kier alpha value is -2.22. The molecule has 0 saturated carbocycles. The van der Waals surface area contributed by atoms with Gasteiger partial charge in [-0.3, -0.25) is 14.9 Å². The second-order valence-electron chi connectivity index (χ2n) is 5.43. The van der Waals surface area contributed by atoms with E-state index in [4.69, 9.17) is 4.74 Å². The Balaban J connectivity index is 2.35. The molecule has 0 aromatic carbocycles. The number of morpholine rings is 1. The summed E-state index contributed by atoms with van der Waals surface area (Å²) < 4.78 is 5.55. The number of pyridine rings is 1. The highest BCUT2D eigenvalue weighted by molar-refractivity contribution is 5.98. The van der Waals surface area contributed by atoms with E-state index in [1.165, 1.54) is 6.07 Å². The Morgan fingerprint density at radius 1 is 1.57 bits per heavy atom. The number of hydrogen-bond donors (Lipinski definition) is 1. The maximum Gasteiger partial charge on any atom is 0.300 e. The number of rotatable bonds is 3. The van der Waals surface area contributed by atoms with Gasteiger partial charge in [0.05, 0.1) is 17.1 Å². The molecule has 8 heteroatoms. The highest BCUT2D eigenvalue weighted by Crippen LogP contribution is 2.24. The van der Waals surface area contributed by atoms with Crippen LogP contribution in [0.15, 0.2) is 12.3 Å². The molecule has 114 valence electrons. The predicted molar refractivity (Wildman–Crippen MR) is 76.4 cm³/mol. The lowest BCUT2D eigenvalue weighted by Gasteiger charge is -2.38. The van der Waals surface area contributed by atoms with Crippen molar-refractivity contribution >= 4 is 17.4 Å². The van der Waals surface area contributed by atoms with E-state index in [9.17, 15) is 14.9 Å². The third-order valence-corrected chi connectivity index (χ3v) is 3.28. The van der Waals surface area contributed by atoms with Crippen molar-refractivity contribution in [1.29, 1.82) is 0 Å². The van der Waals surface area contributed by atoms with Gasteiger partial charge in [0.15, 0.2) is 0 Å². The lowest BCUT2D eigenvalue weighted by atomic mass is 10.1. The zero-order chi connectivity index (χ0) is 15.6. The molecule has 1 aliphatic rings. The number of aromatic nitrogens is 1. The summed E-state index contributed by atoms with van der Waals surface area (Å²) in [6.45, 7) is 4.98. The number of carbonyl (C=O) groups is 1. The normalized spacial score (nSPS) is 17.4. The van der Waals surface area contributed by atoms with Gasteiger partial charge >= 0.3 is 0 Å². The Bertz CT molecular complexity index is 573. The van der Waals surface area contributed by atoms with E-state index in [2.05, 4.69) is 10.3 Å². The molecule has 1 aliphatic heterocycles. The molecular weight excluding hydrogens is 276 g/mol. The third-order valence-electron chi connectivity index (χ3n) is 3.28. The van der Waals surface area contributed by atoms with Crippen LogP contribution in [0.5, 0.6) is 0 Å². The molecule has 0 bridgehead atoms. The molecule has 1 aromatic heterocycles. The highest BCUT2D eigenvalue weighted by atomic mass is 16.6. The van der Waals surface area contributed by atoms with Crippen molar-refractivity contribution in [2.45, 2.75) is 19.4 Å². The van der Waals surface area contributed by atoms with Crippen molar-refractivity contribution in [3.8, 4) is 0 Å². The van der Waals surface area contributed by atoms with Crippen LogP contribution in [0.1, 0.15) is 24.2 Å².